The number of benzene rings is 1. The van der Waals surface area contributed by atoms with Gasteiger partial charge in [-0.2, -0.15) is 0 Å². The topological polar surface area (TPSA) is 71.0 Å². The summed E-state index contributed by atoms with van der Waals surface area (Å²) in [5.74, 6) is 1.57. The zero-order valence-electron chi connectivity index (χ0n) is 24.3. The van der Waals surface area contributed by atoms with Crippen molar-refractivity contribution in [3.63, 3.8) is 0 Å². The summed E-state index contributed by atoms with van der Waals surface area (Å²) in [4.78, 5) is 29.2. The third-order valence-electron chi connectivity index (χ3n) is 6.49. The van der Waals surface area contributed by atoms with E-state index >= 15 is 0 Å². The van der Waals surface area contributed by atoms with Crippen molar-refractivity contribution < 1.29 is 18.7 Å². The number of likely N-dealkylation sites (N-methyl/N-ethyl adjacent to an activating group) is 1. The Balaban J connectivity index is 1.54. The van der Waals surface area contributed by atoms with Crippen molar-refractivity contribution in [2.24, 2.45) is 0 Å². The average Bonchev–Trinajstić information content (AvgIpc) is 3.44. The summed E-state index contributed by atoms with van der Waals surface area (Å²) in [6, 6.07) is 11.6. The number of hydrogen-bond donors (Lipinski definition) is 0. The number of anilines is 2. The van der Waals surface area contributed by atoms with E-state index in [2.05, 4.69) is 16.5 Å². The summed E-state index contributed by atoms with van der Waals surface area (Å²) in [6.45, 7) is 11.2. The van der Waals surface area contributed by atoms with Crippen LogP contribution in [0.4, 0.5) is 15.9 Å². The van der Waals surface area contributed by atoms with E-state index in [-0.39, 0.29) is 18.6 Å². The molecule has 8 nitrogen and oxygen atoms in total. The Bertz CT molecular complexity index is 1330. The minimum absolute atomic E-state index is 0.150. The molecule has 0 saturated heterocycles. The van der Waals surface area contributed by atoms with E-state index in [1.165, 1.54) is 11.8 Å². The van der Waals surface area contributed by atoms with Crippen LogP contribution in [0.25, 0.3) is 0 Å². The van der Waals surface area contributed by atoms with Gasteiger partial charge in [0.15, 0.2) is 11.0 Å². The molecule has 41 heavy (non-hydrogen) atoms. The van der Waals surface area contributed by atoms with Gasteiger partial charge in [0.1, 0.15) is 35.5 Å². The molecule has 220 valence electrons. The normalized spacial score (nSPS) is 14.3. The molecule has 1 unspecified atom stereocenters. The quantitative estimate of drug-likeness (QED) is 0.134. The number of thiophene rings is 1. The zero-order chi connectivity index (χ0) is 29.6. The largest absolute Gasteiger partial charge is 0.485 e. The Hall–Kier alpha value is -3.31. The molecule has 11 heteroatoms. The van der Waals surface area contributed by atoms with E-state index in [1.807, 2.05) is 85.7 Å². The first-order chi connectivity index (χ1) is 19.6. The van der Waals surface area contributed by atoms with Crippen molar-refractivity contribution in [3.05, 3.63) is 70.9 Å². The number of thioether (sulfide) groups is 1. The predicted molar refractivity (Wildman–Crippen MR) is 165 cm³/mol. The van der Waals surface area contributed by atoms with Gasteiger partial charge in [-0.15, -0.1) is 11.3 Å². The second-order valence-electron chi connectivity index (χ2n) is 10.7. The number of amides is 1. The number of fused-ring (bicyclic) bond motifs is 1. The Morgan fingerprint density at radius 2 is 2.05 bits per heavy atom. The van der Waals surface area contributed by atoms with E-state index in [9.17, 15) is 9.18 Å². The zero-order valence-corrected chi connectivity index (χ0v) is 25.9. The number of hydrogen-bond acceptors (Lipinski definition) is 9. The molecule has 1 amide bonds. The molecule has 0 saturated carbocycles. The summed E-state index contributed by atoms with van der Waals surface area (Å²) in [7, 11) is 1.94. The van der Waals surface area contributed by atoms with Crippen LogP contribution in [-0.2, 0) is 4.74 Å². The van der Waals surface area contributed by atoms with Crippen LogP contribution in [0.5, 0.6) is 5.75 Å². The number of rotatable bonds is 12. The Labute approximate surface area is 250 Å². The van der Waals surface area contributed by atoms with E-state index in [1.54, 1.807) is 22.4 Å². The summed E-state index contributed by atoms with van der Waals surface area (Å²) in [5, 5.41) is 2.64. The highest BCUT2D eigenvalue weighted by Crippen LogP contribution is 2.33. The SMILES string of the molecule is C=C(OC(C)(C)C)N(CCF)CCC(Oc1cccc(N2CCN(C)c3nc(SC)ncc3C2=O)c1)c1cccs1. The maximum atomic E-state index is 13.6. The van der Waals surface area contributed by atoms with Crippen molar-refractivity contribution in [1.29, 1.82) is 0 Å². The molecule has 0 fully saturated rings. The monoisotopic (exact) mass is 599 g/mol. The van der Waals surface area contributed by atoms with Gasteiger partial charge < -0.3 is 24.2 Å². The third kappa shape index (κ3) is 7.91. The smallest absolute Gasteiger partial charge is 0.263 e. The molecule has 1 aliphatic heterocycles. The molecule has 0 spiro atoms. The number of carbonyl (C=O) groups is 1. The Morgan fingerprint density at radius 1 is 1.24 bits per heavy atom. The van der Waals surface area contributed by atoms with Crippen LogP contribution in [0.2, 0.25) is 0 Å². The average molecular weight is 600 g/mol. The molecule has 0 N–H and O–H groups in total. The van der Waals surface area contributed by atoms with E-state index in [0.717, 1.165) is 10.6 Å². The van der Waals surface area contributed by atoms with Gasteiger partial charge in [-0.25, -0.2) is 14.4 Å². The molecule has 1 aliphatic rings. The van der Waals surface area contributed by atoms with Gasteiger partial charge in [-0.3, -0.25) is 4.79 Å². The molecule has 3 heterocycles. The van der Waals surface area contributed by atoms with Crippen LogP contribution < -0.4 is 14.5 Å². The van der Waals surface area contributed by atoms with Crippen LogP contribution in [0.15, 0.2) is 65.6 Å². The van der Waals surface area contributed by atoms with Gasteiger partial charge in [-0.1, -0.05) is 23.9 Å². The molecule has 1 atom stereocenters. The molecule has 2 aromatic heterocycles. The van der Waals surface area contributed by atoms with Gasteiger partial charge >= 0.3 is 0 Å². The molecule has 0 radical (unpaired) electrons. The summed E-state index contributed by atoms with van der Waals surface area (Å²) >= 11 is 3.05. The van der Waals surface area contributed by atoms with Gasteiger partial charge in [0, 0.05) is 62.5 Å². The molecule has 3 aromatic rings. The molecule has 1 aromatic carbocycles. The highest BCUT2D eigenvalue weighted by atomic mass is 32.2. The fourth-order valence-electron chi connectivity index (χ4n) is 4.52. The Morgan fingerprint density at radius 3 is 2.73 bits per heavy atom. The minimum atomic E-state index is -0.509. The first-order valence-corrected chi connectivity index (χ1v) is 15.6. The molecule has 0 bridgehead atoms. The highest BCUT2D eigenvalue weighted by Gasteiger charge is 2.28. The number of nitrogens with zero attached hydrogens (tertiary/aromatic N) is 5. The van der Waals surface area contributed by atoms with Crippen LogP contribution >= 0.6 is 23.1 Å². The second kappa shape index (κ2) is 13.6. The first-order valence-electron chi connectivity index (χ1n) is 13.5. The van der Waals surface area contributed by atoms with Crippen molar-refractivity contribution in [2.45, 2.75) is 44.1 Å². The van der Waals surface area contributed by atoms with Crippen LogP contribution in [0.1, 0.15) is 48.5 Å². The first kappa shape index (κ1) is 30.6. The molecular weight excluding hydrogens is 561 g/mol. The lowest BCUT2D eigenvalue weighted by atomic mass is 10.2. The van der Waals surface area contributed by atoms with E-state index < -0.39 is 12.3 Å². The second-order valence-corrected chi connectivity index (χ2v) is 12.4. The van der Waals surface area contributed by atoms with Gasteiger partial charge in [0.25, 0.3) is 5.91 Å². The maximum Gasteiger partial charge on any atom is 0.263 e. The van der Waals surface area contributed by atoms with Crippen molar-refractivity contribution in [1.82, 2.24) is 14.9 Å². The van der Waals surface area contributed by atoms with Crippen molar-refractivity contribution in [2.75, 3.05) is 56.0 Å². The highest BCUT2D eigenvalue weighted by molar-refractivity contribution is 7.98. The van der Waals surface area contributed by atoms with Gasteiger partial charge in [0.2, 0.25) is 0 Å². The van der Waals surface area contributed by atoms with E-state index in [4.69, 9.17) is 9.47 Å². The summed E-state index contributed by atoms with van der Waals surface area (Å²) in [5.41, 5.74) is 0.772. The lowest BCUT2D eigenvalue weighted by Gasteiger charge is -2.32. The summed E-state index contributed by atoms with van der Waals surface area (Å²) in [6.07, 6.45) is 3.84. The van der Waals surface area contributed by atoms with Crippen LogP contribution in [-0.4, -0.2) is 72.5 Å². The number of halogens is 1. The number of carbonyl (C=O) groups excluding carboxylic acids is 1. The number of aromatic nitrogens is 2. The fraction of sp³-hybridized carbons (Fsp3) is 0.433. The number of ether oxygens (including phenoxy) is 2. The summed E-state index contributed by atoms with van der Waals surface area (Å²) < 4.78 is 25.9. The predicted octanol–water partition coefficient (Wildman–Crippen LogP) is 6.42. The van der Waals surface area contributed by atoms with Gasteiger partial charge in [-0.05, 0) is 57.2 Å². The van der Waals surface area contributed by atoms with E-state index in [0.29, 0.717) is 54.2 Å². The standard InChI is InChI=1S/C30H38FN5O3S2/c1-21(39-30(2,3)4)35(15-13-31)14-12-25(26-11-8-18-41-26)38-23-10-7-9-22(19-23)36-17-16-34(5)27-24(28(36)37)20-32-29(33-27)40-6/h7-11,18-20,25H,1,12-17H2,2-6H3. The van der Waals surface area contributed by atoms with Crippen molar-refractivity contribution in [3.8, 4) is 5.75 Å². The fourth-order valence-corrected chi connectivity index (χ4v) is 5.65. The lowest BCUT2D eigenvalue weighted by molar-refractivity contribution is -0.00111. The molecular formula is C30H38FN5O3S2. The van der Waals surface area contributed by atoms with Crippen LogP contribution in [0.3, 0.4) is 0 Å². The van der Waals surface area contributed by atoms with Gasteiger partial charge in [0.05, 0.1) is 0 Å². The molecule has 0 aliphatic carbocycles. The lowest BCUT2D eigenvalue weighted by Crippen LogP contribution is -2.33. The minimum Gasteiger partial charge on any atom is -0.485 e. The van der Waals surface area contributed by atoms with Crippen molar-refractivity contribution >= 4 is 40.5 Å². The molecule has 4 rings (SSSR count). The third-order valence-corrected chi connectivity index (χ3v) is 8.01. The van der Waals surface area contributed by atoms with Crippen LogP contribution in [0, 0.1) is 0 Å². The maximum absolute atomic E-state index is 13.6. The Kier molecular flexibility index (Phi) is 10.1. The number of alkyl halides is 1.